The molecule has 0 amide bonds. The second kappa shape index (κ2) is 15.1. The quantitative estimate of drug-likeness (QED) is 0.214. The van der Waals surface area contributed by atoms with Crippen molar-refractivity contribution in [1.82, 2.24) is 20.5 Å². The first-order valence-electron chi connectivity index (χ1n) is 10.2. The van der Waals surface area contributed by atoms with Crippen LogP contribution in [0.15, 0.2) is 23.3 Å². The largest absolute Gasteiger partial charge is 0.357 e. The van der Waals surface area contributed by atoms with Crippen molar-refractivity contribution in [3.63, 3.8) is 0 Å². The molecule has 1 saturated heterocycles. The second-order valence-corrected chi connectivity index (χ2v) is 7.75. The van der Waals surface area contributed by atoms with E-state index in [9.17, 15) is 0 Å². The Bertz CT molecular complexity index is 546. The van der Waals surface area contributed by atoms with E-state index in [1.165, 1.54) is 18.6 Å². The number of rotatable bonds is 10. The second-order valence-electron chi connectivity index (χ2n) is 6.77. The van der Waals surface area contributed by atoms with Gasteiger partial charge in [0.25, 0.3) is 0 Å². The van der Waals surface area contributed by atoms with E-state index in [1.807, 2.05) is 18.0 Å². The molecule has 0 unspecified atom stereocenters. The van der Waals surface area contributed by atoms with E-state index in [1.54, 1.807) is 0 Å². The molecule has 1 aromatic rings. The topological polar surface area (TPSA) is 55.8 Å². The van der Waals surface area contributed by atoms with Crippen LogP contribution in [0.2, 0.25) is 0 Å². The Morgan fingerprint density at radius 2 is 1.93 bits per heavy atom. The Kier molecular flexibility index (Phi) is 13.7. The third-order valence-corrected chi connectivity index (χ3v) is 5.48. The number of aromatic nitrogens is 1. The maximum absolute atomic E-state index is 4.69. The lowest BCUT2D eigenvalue weighted by atomic mass is 10.2. The van der Waals surface area contributed by atoms with Crippen LogP contribution in [0.5, 0.6) is 0 Å². The molecule has 1 aromatic heterocycles. The van der Waals surface area contributed by atoms with Crippen molar-refractivity contribution in [2.24, 2.45) is 4.99 Å². The number of hydrogen-bond acceptors (Lipinski definition) is 5. The van der Waals surface area contributed by atoms with Gasteiger partial charge >= 0.3 is 0 Å². The highest BCUT2D eigenvalue weighted by Crippen LogP contribution is 2.14. The fourth-order valence-corrected chi connectivity index (χ4v) is 3.57. The number of likely N-dealkylation sites (N-methyl/N-ethyl adjacent to an activating group) is 1. The summed E-state index contributed by atoms with van der Waals surface area (Å²) in [5, 5.41) is 6.74. The highest BCUT2D eigenvalue weighted by atomic mass is 127. The standard InChI is InChI=1S/C20H36N6S.HI/c1-4-21-20(22-10-6-7-15-27-3)24-17-18-8-9-19(23-16-18)26-13-11-25(5-2)12-14-26;/h8-9,16H,4-7,10-15,17H2,1-3H3,(H2,21,22,24);1H. The molecule has 2 heterocycles. The van der Waals surface area contributed by atoms with Gasteiger partial charge in [0, 0.05) is 45.5 Å². The van der Waals surface area contributed by atoms with E-state index < -0.39 is 0 Å². The molecule has 0 radical (unpaired) electrons. The van der Waals surface area contributed by atoms with Gasteiger partial charge in [0.15, 0.2) is 5.96 Å². The first-order valence-corrected chi connectivity index (χ1v) is 11.6. The number of thioether (sulfide) groups is 1. The van der Waals surface area contributed by atoms with Crippen LogP contribution in [-0.4, -0.2) is 73.7 Å². The summed E-state index contributed by atoms with van der Waals surface area (Å²) < 4.78 is 0. The van der Waals surface area contributed by atoms with Crippen LogP contribution in [0.3, 0.4) is 0 Å². The third kappa shape index (κ3) is 9.17. The Morgan fingerprint density at radius 1 is 1.14 bits per heavy atom. The highest BCUT2D eigenvalue weighted by molar-refractivity contribution is 14.0. The molecular weight excluding hydrogens is 483 g/mol. The Morgan fingerprint density at radius 3 is 2.54 bits per heavy atom. The number of nitrogens with zero attached hydrogens (tertiary/aromatic N) is 4. The molecule has 2 N–H and O–H groups in total. The summed E-state index contributed by atoms with van der Waals surface area (Å²) in [5.41, 5.74) is 1.14. The number of pyridine rings is 1. The van der Waals surface area contributed by atoms with Gasteiger partial charge in [-0.05, 0) is 49.9 Å². The number of hydrogen-bond donors (Lipinski definition) is 2. The molecule has 0 aromatic carbocycles. The van der Waals surface area contributed by atoms with Crippen molar-refractivity contribution >= 4 is 47.5 Å². The van der Waals surface area contributed by atoms with Crippen molar-refractivity contribution in [2.45, 2.75) is 33.2 Å². The summed E-state index contributed by atoms with van der Waals surface area (Å²) in [4.78, 5) is 14.2. The van der Waals surface area contributed by atoms with Gasteiger partial charge in [-0.15, -0.1) is 24.0 Å². The van der Waals surface area contributed by atoms with Crippen LogP contribution in [0.25, 0.3) is 0 Å². The van der Waals surface area contributed by atoms with Crippen LogP contribution < -0.4 is 15.5 Å². The zero-order valence-corrected chi connectivity index (χ0v) is 20.8. The molecule has 0 atom stereocenters. The SMILES string of the molecule is CCNC(=NCc1ccc(N2CCN(CC)CC2)nc1)NCCCCSC.I. The Balaban J connectivity index is 0.00000392. The molecule has 6 nitrogen and oxygen atoms in total. The van der Waals surface area contributed by atoms with E-state index >= 15 is 0 Å². The van der Waals surface area contributed by atoms with Gasteiger partial charge in [-0.3, -0.25) is 0 Å². The lowest BCUT2D eigenvalue weighted by Crippen LogP contribution is -2.46. The van der Waals surface area contributed by atoms with E-state index in [-0.39, 0.29) is 24.0 Å². The van der Waals surface area contributed by atoms with E-state index in [2.05, 4.69) is 57.7 Å². The fourth-order valence-electron chi connectivity index (χ4n) is 3.08. The van der Waals surface area contributed by atoms with Gasteiger partial charge in [-0.2, -0.15) is 11.8 Å². The van der Waals surface area contributed by atoms with Gasteiger partial charge in [-0.25, -0.2) is 9.98 Å². The van der Waals surface area contributed by atoms with Gasteiger partial charge < -0.3 is 20.4 Å². The average molecular weight is 521 g/mol. The van der Waals surface area contributed by atoms with E-state index in [0.29, 0.717) is 6.54 Å². The molecule has 0 spiro atoms. The number of halogens is 1. The third-order valence-electron chi connectivity index (χ3n) is 4.78. The molecule has 0 aliphatic carbocycles. The van der Waals surface area contributed by atoms with Gasteiger partial charge in [-0.1, -0.05) is 13.0 Å². The summed E-state index contributed by atoms with van der Waals surface area (Å²) in [5.74, 6) is 3.19. The highest BCUT2D eigenvalue weighted by Gasteiger charge is 2.16. The summed E-state index contributed by atoms with van der Waals surface area (Å²) >= 11 is 1.90. The molecule has 1 aliphatic heterocycles. The minimum absolute atomic E-state index is 0. The monoisotopic (exact) mass is 520 g/mol. The maximum atomic E-state index is 4.69. The minimum Gasteiger partial charge on any atom is -0.357 e. The molecule has 1 aliphatic rings. The van der Waals surface area contributed by atoms with Gasteiger partial charge in [0.05, 0.1) is 6.54 Å². The molecule has 1 fully saturated rings. The fraction of sp³-hybridized carbons (Fsp3) is 0.700. The normalized spacial score (nSPS) is 15.2. The first-order chi connectivity index (χ1) is 13.3. The van der Waals surface area contributed by atoms with Gasteiger partial charge in [0.1, 0.15) is 5.82 Å². The Hall–Kier alpha value is -0.740. The molecule has 28 heavy (non-hydrogen) atoms. The maximum Gasteiger partial charge on any atom is 0.191 e. The number of piperazine rings is 1. The molecular formula is C20H37IN6S. The van der Waals surface area contributed by atoms with Gasteiger partial charge in [0.2, 0.25) is 0 Å². The molecule has 160 valence electrons. The number of anilines is 1. The summed E-state index contributed by atoms with van der Waals surface area (Å²) in [6.45, 7) is 12.3. The number of aliphatic imine (C=N–C) groups is 1. The predicted molar refractivity (Wildman–Crippen MR) is 134 cm³/mol. The molecule has 0 saturated carbocycles. The molecule has 8 heteroatoms. The van der Waals surface area contributed by atoms with E-state index in [0.717, 1.165) is 63.2 Å². The average Bonchev–Trinajstić information content (AvgIpc) is 2.72. The summed E-state index contributed by atoms with van der Waals surface area (Å²) in [7, 11) is 0. The van der Waals surface area contributed by atoms with Crippen molar-refractivity contribution in [3.8, 4) is 0 Å². The number of unbranched alkanes of at least 4 members (excludes halogenated alkanes) is 1. The predicted octanol–water partition coefficient (Wildman–Crippen LogP) is 3.04. The molecule has 2 rings (SSSR count). The van der Waals surface area contributed by atoms with Crippen LogP contribution >= 0.6 is 35.7 Å². The van der Waals surface area contributed by atoms with Crippen LogP contribution in [0.4, 0.5) is 5.82 Å². The number of guanidine groups is 1. The first kappa shape index (κ1) is 25.3. The zero-order valence-electron chi connectivity index (χ0n) is 17.6. The lowest BCUT2D eigenvalue weighted by Gasteiger charge is -2.34. The smallest absolute Gasteiger partial charge is 0.191 e. The van der Waals surface area contributed by atoms with Crippen LogP contribution in [0.1, 0.15) is 32.3 Å². The van der Waals surface area contributed by atoms with Crippen molar-refractivity contribution in [1.29, 1.82) is 0 Å². The van der Waals surface area contributed by atoms with Crippen molar-refractivity contribution in [2.75, 3.05) is 62.7 Å². The van der Waals surface area contributed by atoms with Crippen LogP contribution in [0, 0.1) is 0 Å². The summed E-state index contributed by atoms with van der Waals surface area (Å²) in [6, 6.07) is 4.29. The minimum atomic E-state index is 0. The summed E-state index contributed by atoms with van der Waals surface area (Å²) in [6.07, 6.45) is 6.54. The van der Waals surface area contributed by atoms with E-state index in [4.69, 9.17) is 4.99 Å². The number of nitrogens with one attached hydrogen (secondary N) is 2. The van der Waals surface area contributed by atoms with Crippen molar-refractivity contribution in [3.05, 3.63) is 23.9 Å². The van der Waals surface area contributed by atoms with Crippen molar-refractivity contribution < 1.29 is 0 Å². The molecule has 0 bridgehead atoms. The zero-order chi connectivity index (χ0) is 19.3. The van der Waals surface area contributed by atoms with Crippen LogP contribution in [-0.2, 0) is 6.54 Å². The Labute approximate surface area is 192 Å². The lowest BCUT2D eigenvalue weighted by molar-refractivity contribution is 0.270.